The number of carbonyl (C=O) groups excluding carboxylic acids is 1. The second-order valence-corrected chi connectivity index (χ2v) is 7.40. The van der Waals surface area contributed by atoms with Crippen LogP contribution in [0.5, 0.6) is 5.75 Å². The van der Waals surface area contributed by atoms with Crippen LogP contribution in [0.25, 0.3) is 16.7 Å². The fourth-order valence-corrected chi connectivity index (χ4v) is 3.83. The van der Waals surface area contributed by atoms with Crippen LogP contribution in [-0.4, -0.2) is 42.4 Å². The third-order valence-corrected chi connectivity index (χ3v) is 5.38. The summed E-state index contributed by atoms with van der Waals surface area (Å²) >= 11 is 0. The summed E-state index contributed by atoms with van der Waals surface area (Å²) in [6.45, 7) is 2.67. The van der Waals surface area contributed by atoms with Gasteiger partial charge in [0.25, 0.3) is 0 Å². The van der Waals surface area contributed by atoms with Crippen molar-refractivity contribution in [1.29, 1.82) is 0 Å². The van der Waals surface area contributed by atoms with E-state index in [1.807, 2.05) is 55.0 Å². The molecule has 0 spiro atoms. The fourth-order valence-electron chi connectivity index (χ4n) is 3.83. The van der Waals surface area contributed by atoms with Gasteiger partial charge in [0, 0.05) is 55.2 Å². The molecule has 1 aliphatic carbocycles. The van der Waals surface area contributed by atoms with Gasteiger partial charge in [-0.2, -0.15) is 0 Å². The van der Waals surface area contributed by atoms with Crippen molar-refractivity contribution in [2.75, 3.05) is 20.3 Å². The number of hydrogen-bond acceptors (Lipinski definition) is 6. The van der Waals surface area contributed by atoms with Crippen LogP contribution in [0.4, 0.5) is 0 Å². The first-order valence-corrected chi connectivity index (χ1v) is 10.7. The van der Waals surface area contributed by atoms with Gasteiger partial charge in [0.1, 0.15) is 5.75 Å². The number of ether oxygens (including phenoxy) is 3. The van der Waals surface area contributed by atoms with Gasteiger partial charge in [0.2, 0.25) is 0 Å². The third-order valence-electron chi connectivity index (χ3n) is 5.38. The van der Waals surface area contributed by atoms with Crippen LogP contribution in [0.2, 0.25) is 0 Å². The van der Waals surface area contributed by atoms with Gasteiger partial charge >= 0.3 is 5.97 Å². The molecule has 1 unspecified atom stereocenters. The highest BCUT2D eigenvalue weighted by atomic mass is 16.6. The molecular formula is C26H26N2O4. The molecule has 0 radical (unpaired) electrons. The Morgan fingerprint density at radius 3 is 2.69 bits per heavy atom. The predicted octanol–water partition coefficient (Wildman–Crippen LogP) is 4.48. The summed E-state index contributed by atoms with van der Waals surface area (Å²) in [4.78, 5) is 20.8. The van der Waals surface area contributed by atoms with Crippen LogP contribution in [0.3, 0.4) is 0 Å². The first kappa shape index (κ1) is 21.7. The molecule has 32 heavy (non-hydrogen) atoms. The molecule has 0 amide bonds. The zero-order valence-corrected chi connectivity index (χ0v) is 18.3. The van der Waals surface area contributed by atoms with Crippen molar-refractivity contribution in [3.8, 4) is 16.9 Å². The number of carbonyl (C=O) groups is 1. The monoisotopic (exact) mass is 430 g/mol. The molecule has 3 aromatic rings. The number of fused-ring (bicyclic) bond motifs is 3. The molecule has 2 aromatic heterocycles. The van der Waals surface area contributed by atoms with Crippen LogP contribution >= 0.6 is 0 Å². The fraction of sp³-hybridized carbons (Fsp3) is 0.269. The highest BCUT2D eigenvalue weighted by Gasteiger charge is 2.24. The van der Waals surface area contributed by atoms with Crippen LogP contribution < -0.4 is 4.74 Å². The molecule has 1 aliphatic rings. The number of pyridine rings is 2. The van der Waals surface area contributed by atoms with Crippen LogP contribution in [0, 0.1) is 0 Å². The number of esters is 1. The second kappa shape index (κ2) is 10.2. The van der Waals surface area contributed by atoms with Gasteiger partial charge < -0.3 is 14.2 Å². The lowest BCUT2D eigenvalue weighted by Crippen LogP contribution is -2.27. The van der Waals surface area contributed by atoms with Crippen molar-refractivity contribution in [1.82, 2.24) is 9.97 Å². The minimum Gasteiger partial charge on any atom is -0.493 e. The Labute approximate surface area is 187 Å². The first-order chi connectivity index (χ1) is 15.7. The first-order valence-electron chi connectivity index (χ1n) is 10.7. The molecule has 1 aromatic carbocycles. The van der Waals surface area contributed by atoms with Gasteiger partial charge in [-0.1, -0.05) is 24.3 Å². The summed E-state index contributed by atoms with van der Waals surface area (Å²) in [6.07, 6.45) is 8.29. The van der Waals surface area contributed by atoms with E-state index in [0.717, 1.165) is 40.1 Å². The second-order valence-electron chi connectivity index (χ2n) is 7.40. The molecule has 0 saturated carbocycles. The standard InChI is InChI=1S/C26H26N2O4/c1-3-31-26(29)24(30-2)16-18-8-10-19(11-9-18)32-15-5-7-22-23-17-27-14-12-20(23)21-6-4-13-28-25(21)22/h4,6-14,17,24H,3,5,15-16H2,1-2H3/b22-7-. The van der Waals surface area contributed by atoms with Crippen LogP contribution in [0.1, 0.15) is 30.2 Å². The van der Waals surface area contributed by atoms with E-state index in [-0.39, 0.29) is 5.97 Å². The molecule has 0 fully saturated rings. The molecule has 0 bridgehead atoms. The number of hydrogen-bond donors (Lipinski definition) is 0. The van der Waals surface area contributed by atoms with Gasteiger partial charge in [-0.05, 0) is 42.3 Å². The van der Waals surface area contributed by atoms with Gasteiger partial charge in [-0.25, -0.2) is 4.79 Å². The van der Waals surface area contributed by atoms with Crippen molar-refractivity contribution in [3.05, 3.63) is 84.0 Å². The van der Waals surface area contributed by atoms with Crippen molar-refractivity contribution >= 4 is 11.5 Å². The Kier molecular flexibility index (Phi) is 6.92. The summed E-state index contributed by atoms with van der Waals surface area (Å²) < 4.78 is 16.2. The number of benzene rings is 1. The summed E-state index contributed by atoms with van der Waals surface area (Å²) in [5.41, 5.74) is 6.51. The highest BCUT2D eigenvalue weighted by Crippen LogP contribution is 2.42. The molecule has 0 saturated heterocycles. The summed E-state index contributed by atoms with van der Waals surface area (Å²) in [7, 11) is 1.51. The highest BCUT2D eigenvalue weighted by molar-refractivity contribution is 5.99. The third kappa shape index (κ3) is 4.70. The zero-order valence-electron chi connectivity index (χ0n) is 18.3. The van der Waals surface area contributed by atoms with E-state index in [9.17, 15) is 4.79 Å². The Balaban J connectivity index is 1.35. The van der Waals surface area contributed by atoms with Crippen molar-refractivity contribution < 1.29 is 19.0 Å². The lowest BCUT2D eigenvalue weighted by Gasteiger charge is -2.14. The Morgan fingerprint density at radius 1 is 1.06 bits per heavy atom. The van der Waals surface area contributed by atoms with Crippen LogP contribution in [-0.2, 0) is 20.7 Å². The van der Waals surface area contributed by atoms with E-state index in [0.29, 0.717) is 19.6 Å². The number of methoxy groups -OCH3 is 1. The van der Waals surface area contributed by atoms with Crippen molar-refractivity contribution in [2.45, 2.75) is 25.9 Å². The van der Waals surface area contributed by atoms with E-state index in [4.69, 9.17) is 14.2 Å². The molecule has 164 valence electrons. The van der Waals surface area contributed by atoms with E-state index in [1.165, 1.54) is 12.7 Å². The Bertz CT molecular complexity index is 1060. The molecule has 1 atom stereocenters. The summed E-state index contributed by atoms with van der Waals surface area (Å²) in [5, 5.41) is 0. The maximum absolute atomic E-state index is 11.9. The number of aromatic nitrogens is 2. The SMILES string of the molecule is CCOC(=O)C(Cc1ccc(OCC/C=C2/c3cnccc3-c3cccnc32)cc1)OC. The largest absolute Gasteiger partial charge is 0.493 e. The predicted molar refractivity (Wildman–Crippen MR) is 122 cm³/mol. The molecule has 4 rings (SSSR count). The van der Waals surface area contributed by atoms with Crippen LogP contribution in [0.15, 0.2) is 67.1 Å². The average molecular weight is 431 g/mol. The average Bonchev–Trinajstić information content (AvgIpc) is 3.15. The molecule has 6 heteroatoms. The zero-order chi connectivity index (χ0) is 22.3. The van der Waals surface area contributed by atoms with Gasteiger partial charge in [-0.15, -0.1) is 0 Å². The van der Waals surface area contributed by atoms with Gasteiger partial charge in [-0.3, -0.25) is 9.97 Å². The minimum atomic E-state index is -0.603. The van der Waals surface area contributed by atoms with Gasteiger partial charge in [0.05, 0.1) is 18.9 Å². The number of rotatable bonds is 9. The smallest absolute Gasteiger partial charge is 0.335 e. The van der Waals surface area contributed by atoms with E-state index >= 15 is 0 Å². The molecule has 0 aliphatic heterocycles. The molecular weight excluding hydrogens is 404 g/mol. The summed E-state index contributed by atoms with van der Waals surface area (Å²) in [6, 6.07) is 13.8. The quantitative estimate of drug-likeness (QED) is 0.288. The van der Waals surface area contributed by atoms with E-state index in [2.05, 4.69) is 22.1 Å². The lowest BCUT2D eigenvalue weighted by molar-refractivity contribution is -0.154. The molecule has 2 heterocycles. The Morgan fingerprint density at radius 2 is 1.91 bits per heavy atom. The minimum absolute atomic E-state index is 0.339. The molecule has 0 N–H and O–H groups in total. The van der Waals surface area contributed by atoms with E-state index < -0.39 is 6.10 Å². The normalized spacial score (nSPS) is 14.0. The topological polar surface area (TPSA) is 70.5 Å². The van der Waals surface area contributed by atoms with Gasteiger partial charge in [0.15, 0.2) is 6.10 Å². The van der Waals surface area contributed by atoms with E-state index in [1.54, 1.807) is 6.92 Å². The maximum Gasteiger partial charge on any atom is 0.335 e. The van der Waals surface area contributed by atoms with Crippen molar-refractivity contribution in [2.24, 2.45) is 0 Å². The lowest BCUT2D eigenvalue weighted by atomic mass is 10.1. The Hall–Kier alpha value is -3.51. The maximum atomic E-state index is 11.9. The summed E-state index contributed by atoms with van der Waals surface area (Å²) in [5.74, 6) is 0.437. The molecule has 6 nitrogen and oxygen atoms in total. The van der Waals surface area contributed by atoms with Crippen molar-refractivity contribution in [3.63, 3.8) is 0 Å². The number of nitrogens with zero attached hydrogens (tertiary/aromatic N) is 2.